The Morgan fingerprint density at radius 3 is 0.895 bits per heavy atom. The molecule has 11 rings (SSSR count). The van der Waals surface area contributed by atoms with Crippen molar-refractivity contribution >= 4 is 77.2 Å². The van der Waals surface area contributed by atoms with Crippen molar-refractivity contribution in [2.45, 2.75) is 19.3 Å². The number of benzene rings is 10. The van der Waals surface area contributed by atoms with Gasteiger partial charge in [0.25, 0.3) is 0 Å². The van der Waals surface area contributed by atoms with Gasteiger partial charge in [-0.2, -0.15) is 0 Å². The molecule has 0 aliphatic heterocycles. The van der Waals surface area contributed by atoms with Crippen LogP contribution in [0.4, 0.5) is 34.1 Å². The second-order valence-corrected chi connectivity index (χ2v) is 15.7. The zero-order valence-electron chi connectivity index (χ0n) is 32.0. The lowest BCUT2D eigenvalue weighted by atomic mass is 9.82. The van der Waals surface area contributed by atoms with Crippen LogP contribution >= 0.6 is 0 Å². The van der Waals surface area contributed by atoms with Gasteiger partial charge in [-0.3, -0.25) is 0 Å². The molecule has 0 heterocycles. The summed E-state index contributed by atoms with van der Waals surface area (Å²) in [6.07, 6.45) is 0. The van der Waals surface area contributed by atoms with Crippen LogP contribution in [0.3, 0.4) is 0 Å². The van der Waals surface area contributed by atoms with Crippen LogP contribution in [0.15, 0.2) is 206 Å². The van der Waals surface area contributed by atoms with E-state index in [2.05, 4.69) is 230 Å². The van der Waals surface area contributed by atoms with Crippen molar-refractivity contribution in [1.82, 2.24) is 0 Å². The number of hydrogen-bond donors (Lipinski definition) is 0. The Bertz CT molecular complexity index is 2800. The molecule has 0 bridgehead atoms. The maximum Gasteiger partial charge on any atom is 0.0540 e. The lowest BCUT2D eigenvalue weighted by molar-refractivity contribution is 0.660. The molecule has 2 nitrogen and oxygen atoms in total. The standard InChI is InChI=1S/C55H40N2/c1-55(2)49-35-41(56(51-27-11-19-37-15-3-7-23-43(37)51)52-28-12-20-38-16-4-8-24-44(38)52)31-33-47(49)48-34-32-42(36-50(48)55)57(53-29-13-21-39-17-5-9-25-45(39)53)54-30-14-22-40-18-6-10-26-46(40)54/h3-36H,1-2H3. The molecule has 10 aromatic rings. The van der Waals surface area contributed by atoms with E-state index in [1.165, 1.54) is 88.1 Å². The van der Waals surface area contributed by atoms with Gasteiger partial charge >= 0.3 is 0 Å². The number of hydrogen-bond acceptors (Lipinski definition) is 2. The van der Waals surface area contributed by atoms with Crippen LogP contribution in [-0.4, -0.2) is 0 Å². The first-order valence-electron chi connectivity index (χ1n) is 19.9. The van der Waals surface area contributed by atoms with Gasteiger partial charge in [0.15, 0.2) is 0 Å². The van der Waals surface area contributed by atoms with E-state index < -0.39 is 0 Å². The molecule has 0 N–H and O–H groups in total. The highest BCUT2D eigenvalue weighted by Gasteiger charge is 2.37. The summed E-state index contributed by atoms with van der Waals surface area (Å²) < 4.78 is 0. The molecule has 0 atom stereocenters. The lowest BCUT2D eigenvalue weighted by Crippen LogP contribution is -2.18. The normalized spacial score (nSPS) is 12.9. The maximum absolute atomic E-state index is 2.47. The van der Waals surface area contributed by atoms with Gasteiger partial charge in [-0.05, 0) is 92.3 Å². The molecule has 0 aromatic heterocycles. The first-order valence-corrected chi connectivity index (χ1v) is 19.9. The number of nitrogens with zero attached hydrogens (tertiary/aromatic N) is 2. The zero-order chi connectivity index (χ0) is 38.1. The van der Waals surface area contributed by atoms with Gasteiger partial charge in [0, 0.05) is 38.3 Å². The highest BCUT2D eigenvalue weighted by Crippen LogP contribution is 2.53. The van der Waals surface area contributed by atoms with Crippen molar-refractivity contribution in [3.05, 3.63) is 217 Å². The Kier molecular flexibility index (Phi) is 7.55. The summed E-state index contributed by atoms with van der Waals surface area (Å²) >= 11 is 0. The van der Waals surface area contributed by atoms with Crippen molar-refractivity contribution in [3.63, 3.8) is 0 Å². The van der Waals surface area contributed by atoms with Crippen LogP contribution in [0.2, 0.25) is 0 Å². The van der Waals surface area contributed by atoms with E-state index >= 15 is 0 Å². The number of fused-ring (bicyclic) bond motifs is 7. The van der Waals surface area contributed by atoms with Crippen LogP contribution in [0.25, 0.3) is 54.2 Å². The van der Waals surface area contributed by atoms with Crippen LogP contribution in [0, 0.1) is 0 Å². The van der Waals surface area contributed by atoms with Crippen LogP contribution in [-0.2, 0) is 5.41 Å². The maximum atomic E-state index is 2.47. The van der Waals surface area contributed by atoms with E-state index in [0.29, 0.717) is 0 Å². The summed E-state index contributed by atoms with van der Waals surface area (Å²) in [6, 6.07) is 75.8. The van der Waals surface area contributed by atoms with Crippen LogP contribution < -0.4 is 9.80 Å². The average Bonchev–Trinajstić information content (AvgIpc) is 3.49. The van der Waals surface area contributed by atoms with E-state index in [0.717, 1.165) is 11.4 Å². The zero-order valence-corrected chi connectivity index (χ0v) is 32.0. The third kappa shape index (κ3) is 5.25. The Morgan fingerprint density at radius 2 is 0.579 bits per heavy atom. The molecule has 0 amide bonds. The monoisotopic (exact) mass is 728 g/mol. The SMILES string of the molecule is CC1(C)c2cc(N(c3cccc4ccccc34)c3cccc4ccccc34)ccc2-c2ccc(N(c3cccc4ccccc34)c3cccc4ccccc34)cc21. The fourth-order valence-corrected chi connectivity index (χ4v) is 9.42. The molecule has 0 unspecified atom stereocenters. The van der Waals surface area contributed by atoms with E-state index in [1.807, 2.05) is 0 Å². The summed E-state index contributed by atoms with van der Waals surface area (Å²) in [5, 5.41) is 9.80. The lowest BCUT2D eigenvalue weighted by Gasteiger charge is -2.31. The Balaban J connectivity index is 1.10. The van der Waals surface area contributed by atoms with Crippen molar-refractivity contribution in [2.75, 3.05) is 9.80 Å². The third-order valence-corrected chi connectivity index (χ3v) is 12.2. The Morgan fingerprint density at radius 1 is 0.298 bits per heavy atom. The van der Waals surface area contributed by atoms with Crippen molar-refractivity contribution in [2.24, 2.45) is 0 Å². The van der Waals surface area contributed by atoms with Crippen molar-refractivity contribution < 1.29 is 0 Å². The highest BCUT2D eigenvalue weighted by molar-refractivity contribution is 6.07. The van der Waals surface area contributed by atoms with E-state index in [4.69, 9.17) is 0 Å². The fraction of sp³-hybridized carbons (Fsp3) is 0.0545. The van der Waals surface area contributed by atoms with E-state index in [1.54, 1.807) is 0 Å². The molecule has 1 aliphatic carbocycles. The molecule has 0 saturated heterocycles. The first-order chi connectivity index (χ1) is 28.0. The second-order valence-electron chi connectivity index (χ2n) is 15.7. The van der Waals surface area contributed by atoms with Crippen molar-refractivity contribution in [3.8, 4) is 11.1 Å². The molecule has 57 heavy (non-hydrogen) atoms. The van der Waals surface area contributed by atoms with Crippen molar-refractivity contribution in [1.29, 1.82) is 0 Å². The van der Waals surface area contributed by atoms with Gasteiger partial charge in [0.2, 0.25) is 0 Å². The van der Waals surface area contributed by atoms with Crippen LogP contribution in [0.1, 0.15) is 25.0 Å². The highest BCUT2D eigenvalue weighted by atomic mass is 15.2. The predicted molar refractivity (Wildman–Crippen MR) is 243 cm³/mol. The van der Waals surface area contributed by atoms with E-state index in [9.17, 15) is 0 Å². The van der Waals surface area contributed by atoms with Gasteiger partial charge in [-0.15, -0.1) is 0 Å². The third-order valence-electron chi connectivity index (χ3n) is 12.2. The molecule has 2 heteroatoms. The summed E-state index contributed by atoms with van der Waals surface area (Å²) in [6.45, 7) is 4.79. The smallest absolute Gasteiger partial charge is 0.0540 e. The largest absolute Gasteiger partial charge is 0.309 e. The quantitative estimate of drug-likeness (QED) is 0.168. The minimum atomic E-state index is -0.261. The number of anilines is 6. The van der Waals surface area contributed by atoms with Gasteiger partial charge in [0.1, 0.15) is 0 Å². The minimum absolute atomic E-state index is 0.261. The molecule has 0 fully saturated rings. The summed E-state index contributed by atoms with van der Waals surface area (Å²) in [5.74, 6) is 0. The average molecular weight is 729 g/mol. The first kappa shape index (κ1) is 33.2. The summed E-state index contributed by atoms with van der Waals surface area (Å²) in [4.78, 5) is 4.94. The molecule has 0 saturated carbocycles. The fourth-order valence-electron chi connectivity index (χ4n) is 9.42. The minimum Gasteiger partial charge on any atom is -0.309 e. The summed E-state index contributed by atoms with van der Waals surface area (Å²) in [7, 11) is 0. The second kappa shape index (κ2) is 13.0. The Labute approximate surface area is 333 Å². The molecule has 0 spiro atoms. The van der Waals surface area contributed by atoms with Gasteiger partial charge in [-0.1, -0.05) is 172 Å². The number of rotatable bonds is 6. The van der Waals surface area contributed by atoms with E-state index in [-0.39, 0.29) is 5.41 Å². The topological polar surface area (TPSA) is 6.48 Å². The Hall–Kier alpha value is -7.16. The van der Waals surface area contributed by atoms with Crippen LogP contribution in [0.5, 0.6) is 0 Å². The van der Waals surface area contributed by atoms with Gasteiger partial charge < -0.3 is 9.80 Å². The molecular formula is C55H40N2. The molecule has 1 aliphatic rings. The molecule has 10 aromatic carbocycles. The predicted octanol–water partition coefficient (Wildman–Crippen LogP) is 15.5. The molecular weight excluding hydrogens is 689 g/mol. The molecule has 270 valence electrons. The molecule has 0 radical (unpaired) electrons. The van der Waals surface area contributed by atoms with Gasteiger partial charge in [0.05, 0.1) is 22.7 Å². The van der Waals surface area contributed by atoms with Gasteiger partial charge in [-0.25, -0.2) is 0 Å². The summed E-state index contributed by atoms with van der Waals surface area (Å²) in [5.41, 5.74) is 12.0.